The van der Waals surface area contributed by atoms with Gasteiger partial charge < -0.3 is 24.8 Å². The minimum Gasteiger partial charge on any atom is -0.494 e. The number of guanidine groups is 1. The van der Waals surface area contributed by atoms with Crippen LogP contribution in [0.25, 0.3) is 0 Å². The molecular formula is C21H30N4O3. The first-order valence-corrected chi connectivity index (χ1v) is 9.70. The van der Waals surface area contributed by atoms with E-state index in [2.05, 4.69) is 20.6 Å². The Kier molecular flexibility index (Phi) is 9.65. The molecule has 0 atom stereocenters. The van der Waals surface area contributed by atoms with Gasteiger partial charge in [-0.25, -0.2) is 9.98 Å². The van der Waals surface area contributed by atoms with Crippen LogP contribution in [-0.2, 0) is 11.3 Å². The lowest BCUT2D eigenvalue weighted by molar-refractivity contribution is 0.152. The number of hydrogen-bond acceptors (Lipinski definition) is 5. The summed E-state index contributed by atoms with van der Waals surface area (Å²) in [6.45, 7) is 10.00. The molecule has 1 heterocycles. The Morgan fingerprint density at radius 3 is 2.50 bits per heavy atom. The summed E-state index contributed by atoms with van der Waals surface area (Å²) in [5.74, 6) is 2.82. The van der Waals surface area contributed by atoms with Gasteiger partial charge in [-0.1, -0.05) is 0 Å². The van der Waals surface area contributed by atoms with E-state index >= 15 is 0 Å². The molecule has 0 bridgehead atoms. The molecule has 0 aliphatic heterocycles. The quantitative estimate of drug-likeness (QED) is 0.350. The van der Waals surface area contributed by atoms with Gasteiger partial charge in [0.25, 0.3) is 0 Å². The van der Waals surface area contributed by atoms with Crippen molar-refractivity contribution in [3.8, 4) is 17.4 Å². The van der Waals surface area contributed by atoms with Gasteiger partial charge in [0.2, 0.25) is 5.88 Å². The highest BCUT2D eigenvalue weighted by Crippen LogP contribution is 2.23. The number of nitrogens with one attached hydrogen (secondary N) is 2. The number of aromatic nitrogens is 1. The normalized spacial score (nSPS) is 11.2. The van der Waals surface area contributed by atoms with Gasteiger partial charge in [-0.3, -0.25) is 0 Å². The van der Waals surface area contributed by atoms with E-state index in [0.29, 0.717) is 44.5 Å². The van der Waals surface area contributed by atoms with Crippen LogP contribution in [0.15, 0.2) is 47.6 Å². The van der Waals surface area contributed by atoms with Crippen LogP contribution in [-0.4, -0.2) is 43.9 Å². The number of rotatable bonds is 11. The first-order valence-electron chi connectivity index (χ1n) is 9.70. The molecule has 2 rings (SSSR count). The Bertz CT molecular complexity index is 720. The lowest BCUT2D eigenvalue weighted by atomic mass is 10.2. The predicted octanol–water partition coefficient (Wildman–Crippen LogP) is 3.36. The van der Waals surface area contributed by atoms with E-state index in [1.54, 1.807) is 6.20 Å². The fourth-order valence-electron chi connectivity index (χ4n) is 2.39. The van der Waals surface area contributed by atoms with Crippen LogP contribution in [0.1, 0.15) is 26.3 Å². The maximum atomic E-state index is 5.84. The highest BCUT2D eigenvalue weighted by Gasteiger charge is 2.03. The van der Waals surface area contributed by atoms with Crippen LogP contribution in [0, 0.1) is 0 Å². The monoisotopic (exact) mass is 386 g/mol. The minimum atomic E-state index is 0.520. The van der Waals surface area contributed by atoms with Crippen molar-refractivity contribution in [1.29, 1.82) is 0 Å². The van der Waals surface area contributed by atoms with E-state index in [0.717, 1.165) is 23.8 Å². The van der Waals surface area contributed by atoms with Gasteiger partial charge >= 0.3 is 0 Å². The number of aliphatic imine (C=N–C) groups is 1. The number of ether oxygens (including phenoxy) is 3. The van der Waals surface area contributed by atoms with Gasteiger partial charge in [0, 0.05) is 32.0 Å². The molecule has 2 N–H and O–H groups in total. The van der Waals surface area contributed by atoms with Crippen molar-refractivity contribution in [2.75, 3.05) is 32.9 Å². The average Bonchev–Trinajstić information content (AvgIpc) is 2.71. The summed E-state index contributed by atoms with van der Waals surface area (Å²) in [6.07, 6.45) is 1.73. The fourth-order valence-corrected chi connectivity index (χ4v) is 2.39. The molecule has 0 saturated carbocycles. The first-order chi connectivity index (χ1) is 13.7. The molecule has 2 aromatic rings. The van der Waals surface area contributed by atoms with Crippen LogP contribution in [0.5, 0.6) is 17.4 Å². The summed E-state index contributed by atoms with van der Waals surface area (Å²) in [7, 11) is 0. The summed E-state index contributed by atoms with van der Waals surface area (Å²) in [6, 6.07) is 11.3. The van der Waals surface area contributed by atoms with Crippen molar-refractivity contribution >= 4 is 5.96 Å². The highest BCUT2D eigenvalue weighted by molar-refractivity contribution is 5.79. The van der Waals surface area contributed by atoms with E-state index in [-0.39, 0.29) is 0 Å². The largest absolute Gasteiger partial charge is 0.494 e. The molecule has 1 aromatic carbocycles. The molecule has 0 saturated heterocycles. The summed E-state index contributed by atoms with van der Waals surface area (Å²) in [4.78, 5) is 8.88. The van der Waals surface area contributed by atoms with Crippen molar-refractivity contribution in [2.45, 2.75) is 27.3 Å². The van der Waals surface area contributed by atoms with Gasteiger partial charge in [-0.2, -0.15) is 0 Å². The molecule has 0 aliphatic rings. The standard InChI is InChI=1S/C21H30N4O3/c1-4-22-21(24-13-14-26-5-2)25-16-17-11-12-23-20(15-17)28-19-9-7-18(8-10-19)27-6-3/h7-12,15H,4-6,13-14,16H2,1-3H3,(H2,22,24,25). The third kappa shape index (κ3) is 7.84. The number of nitrogens with zero attached hydrogens (tertiary/aromatic N) is 2. The second-order valence-electron chi connectivity index (χ2n) is 5.83. The Balaban J connectivity index is 1.95. The molecule has 152 valence electrons. The molecule has 0 radical (unpaired) electrons. The first kappa shape index (κ1) is 21.5. The lowest BCUT2D eigenvalue weighted by Crippen LogP contribution is -2.39. The lowest BCUT2D eigenvalue weighted by Gasteiger charge is -2.11. The predicted molar refractivity (Wildman–Crippen MR) is 111 cm³/mol. The van der Waals surface area contributed by atoms with Gasteiger partial charge in [0.1, 0.15) is 11.5 Å². The van der Waals surface area contributed by atoms with E-state index in [1.165, 1.54) is 0 Å². The van der Waals surface area contributed by atoms with E-state index in [9.17, 15) is 0 Å². The van der Waals surface area contributed by atoms with Crippen molar-refractivity contribution < 1.29 is 14.2 Å². The fraction of sp³-hybridized carbons (Fsp3) is 0.429. The summed E-state index contributed by atoms with van der Waals surface area (Å²) < 4.78 is 16.6. The Labute approximate surface area is 167 Å². The van der Waals surface area contributed by atoms with E-state index < -0.39 is 0 Å². The van der Waals surface area contributed by atoms with E-state index in [1.807, 2.05) is 57.2 Å². The summed E-state index contributed by atoms with van der Waals surface area (Å²) in [5, 5.41) is 6.48. The topological polar surface area (TPSA) is 77.0 Å². The third-order valence-electron chi connectivity index (χ3n) is 3.66. The van der Waals surface area contributed by atoms with Gasteiger partial charge in [-0.15, -0.1) is 0 Å². The Hall–Kier alpha value is -2.80. The van der Waals surface area contributed by atoms with Gasteiger partial charge in [0.05, 0.1) is 19.8 Å². The molecule has 28 heavy (non-hydrogen) atoms. The molecule has 7 nitrogen and oxygen atoms in total. The molecule has 0 aliphatic carbocycles. The molecule has 0 amide bonds. The molecule has 7 heteroatoms. The average molecular weight is 386 g/mol. The second kappa shape index (κ2) is 12.6. The zero-order chi connectivity index (χ0) is 20.0. The molecule has 1 aromatic heterocycles. The van der Waals surface area contributed by atoms with Crippen LogP contribution in [0.4, 0.5) is 0 Å². The number of pyridine rings is 1. The van der Waals surface area contributed by atoms with Crippen LogP contribution >= 0.6 is 0 Å². The zero-order valence-electron chi connectivity index (χ0n) is 16.9. The van der Waals surface area contributed by atoms with E-state index in [4.69, 9.17) is 14.2 Å². The van der Waals surface area contributed by atoms with Gasteiger partial charge in [0.15, 0.2) is 5.96 Å². The molecule has 0 spiro atoms. The third-order valence-corrected chi connectivity index (χ3v) is 3.66. The molecule has 0 unspecified atom stereocenters. The van der Waals surface area contributed by atoms with Crippen LogP contribution < -0.4 is 20.1 Å². The smallest absolute Gasteiger partial charge is 0.219 e. The number of benzene rings is 1. The van der Waals surface area contributed by atoms with Crippen molar-refractivity contribution in [1.82, 2.24) is 15.6 Å². The van der Waals surface area contributed by atoms with Crippen LogP contribution in [0.3, 0.4) is 0 Å². The maximum absolute atomic E-state index is 5.84. The van der Waals surface area contributed by atoms with Crippen molar-refractivity contribution in [3.05, 3.63) is 48.2 Å². The second-order valence-corrected chi connectivity index (χ2v) is 5.83. The van der Waals surface area contributed by atoms with Gasteiger partial charge in [-0.05, 0) is 56.7 Å². The zero-order valence-corrected chi connectivity index (χ0v) is 16.9. The Morgan fingerprint density at radius 2 is 1.79 bits per heavy atom. The highest BCUT2D eigenvalue weighted by atomic mass is 16.5. The maximum Gasteiger partial charge on any atom is 0.219 e. The summed E-state index contributed by atoms with van der Waals surface area (Å²) >= 11 is 0. The van der Waals surface area contributed by atoms with Crippen molar-refractivity contribution in [2.24, 2.45) is 4.99 Å². The van der Waals surface area contributed by atoms with Crippen molar-refractivity contribution in [3.63, 3.8) is 0 Å². The van der Waals surface area contributed by atoms with Crippen LogP contribution in [0.2, 0.25) is 0 Å². The number of hydrogen-bond donors (Lipinski definition) is 2. The molecule has 0 fully saturated rings. The molecular weight excluding hydrogens is 356 g/mol. The minimum absolute atomic E-state index is 0.520. The Morgan fingerprint density at radius 1 is 1.00 bits per heavy atom. The summed E-state index contributed by atoms with van der Waals surface area (Å²) in [5.41, 5.74) is 1.01. The SMILES string of the molecule is CCNC(=NCc1ccnc(Oc2ccc(OCC)cc2)c1)NCCOCC.